The van der Waals surface area contributed by atoms with Gasteiger partial charge in [-0.1, -0.05) is 6.42 Å². The second-order valence-corrected chi connectivity index (χ2v) is 7.03. The van der Waals surface area contributed by atoms with Crippen LogP contribution in [0.25, 0.3) is 0 Å². The van der Waals surface area contributed by atoms with Crippen LogP contribution in [0.2, 0.25) is 0 Å². The Kier molecular flexibility index (Phi) is 4.38. The molecule has 0 radical (unpaired) electrons. The molecule has 1 saturated heterocycles. The number of amides is 1. The fourth-order valence-corrected chi connectivity index (χ4v) is 3.62. The van der Waals surface area contributed by atoms with Crippen LogP contribution in [0.1, 0.15) is 54.2 Å². The highest BCUT2D eigenvalue weighted by molar-refractivity contribution is 5.92. The van der Waals surface area contributed by atoms with Crippen LogP contribution in [-0.2, 0) is 7.05 Å². The van der Waals surface area contributed by atoms with Gasteiger partial charge in [0.2, 0.25) is 0 Å². The maximum atomic E-state index is 12.4. The fourth-order valence-electron chi connectivity index (χ4n) is 3.62. The molecular formula is C18H24N6O. The summed E-state index contributed by atoms with van der Waals surface area (Å²) >= 11 is 0. The molecule has 0 spiro atoms. The molecule has 25 heavy (non-hydrogen) atoms. The predicted octanol–water partition coefficient (Wildman–Crippen LogP) is 1.88. The van der Waals surface area contributed by atoms with Gasteiger partial charge < -0.3 is 10.2 Å². The Hall–Kier alpha value is -2.44. The Labute approximate surface area is 147 Å². The standard InChI is InChI=1S/C18H24N6O/c1-23-16(7-8-21-23)18(25)22-14-6-3-9-24(11-14)17-10-15(19-12-20-17)13-4-2-5-13/h7-8,10,12-14H,2-6,9,11H2,1H3,(H,22,25). The number of hydrogen-bond acceptors (Lipinski definition) is 5. The lowest BCUT2D eigenvalue weighted by atomic mass is 9.83. The van der Waals surface area contributed by atoms with Crippen LogP contribution in [0, 0.1) is 0 Å². The number of aromatic nitrogens is 4. The maximum absolute atomic E-state index is 12.4. The average molecular weight is 340 g/mol. The number of carbonyl (C=O) groups excluding carboxylic acids is 1. The van der Waals surface area contributed by atoms with E-state index in [1.165, 1.54) is 19.3 Å². The summed E-state index contributed by atoms with van der Waals surface area (Å²) in [6, 6.07) is 4.00. The van der Waals surface area contributed by atoms with Gasteiger partial charge in [0.25, 0.3) is 5.91 Å². The van der Waals surface area contributed by atoms with Crippen molar-refractivity contribution in [1.29, 1.82) is 0 Å². The Balaban J connectivity index is 1.42. The first-order chi connectivity index (χ1) is 12.2. The SMILES string of the molecule is Cn1nccc1C(=O)NC1CCCN(c2cc(C3CCC3)ncn2)C1. The third-order valence-corrected chi connectivity index (χ3v) is 5.33. The molecule has 1 aliphatic carbocycles. The van der Waals surface area contributed by atoms with Crippen molar-refractivity contribution in [2.45, 2.75) is 44.1 Å². The van der Waals surface area contributed by atoms with Gasteiger partial charge in [-0.25, -0.2) is 9.97 Å². The van der Waals surface area contributed by atoms with Crippen LogP contribution in [0.3, 0.4) is 0 Å². The monoisotopic (exact) mass is 340 g/mol. The van der Waals surface area contributed by atoms with Crippen molar-refractivity contribution in [3.05, 3.63) is 36.0 Å². The molecule has 2 aliphatic rings. The average Bonchev–Trinajstić information content (AvgIpc) is 3.00. The summed E-state index contributed by atoms with van der Waals surface area (Å²) in [6.45, 7) is 1.75. The normalized spacial score (nSPS) is 21.0. The molecular weight excluding hydrogens is 316 g/mol. The quantitative estimate of drug-likeness (QED) is 0.920. The molecule has 132 valence electrons. The molecule has 0 bridgehead atoms. The minimum atomic E-state index is -0.0651. The number of anilines is 1. The van der Waals surface area contributed by atoms with E-state index in [9.17, 15) is 4.79 Å². The van der Waals surface area contributed by atoms with Crippen LogP contribution in [0.4, 0.5) is 5.82 Å². The van der Waals surface area contributed by atoms with E-state index >= 15 is 0 Å². The summed E-state index contributed by atoms with van der Waals surface area (Å²) in [5.41, 5.74) is 1.75. The number of aryl methyl sites for hydroxylation is 1. The predicted molar refractivity (Wildman–Crippen MR) is 94.5 cm³/mol. The van der Waals surface area contributed by atoms with Crippen LogP contribution in [0.5, 0.6) is 0 Å². The first-order valence-electron chi connectivity index (χ1n) is 9.06. The third-order valence-electron chi connectivity index (χ3n) is 5.33. The van der Waals surface area contributed by atoms with E-state index < -0.39 is 0 Å². The third kappa shape index (κ3) is 3.36. The number of nitrogens with one attached hydrogen (secondary N) is 1. The Morgan fingerprint density at radius 2 is 2.12 bits per heavy atom. The van der Waals surface area contributed by atoms with Crippen LogP contribution < -0.4 is 10.2 Å². The van der Waals surface area contributed by atoms with Crippen molar-refractivity contribution in [2.75, 3.05) is 18.0 Å². The highest BCUT2D eigenvalue weighted by Gasteiger charge is 2.26. The van der Waals surface area contributed by atoms with Gasteiger partial charge in [-0.15, -0.1) is 0 Å². The molecule has 0 aromatic carbocycles. The smallest absolute Gasteiger partial charge is 0.269 e. The molecule has 1 amide bonds. The molecule has 1 N–H and O–H groups in total. The summed E-state index contributed by atoms with van der Waals surface area (Å²) in [7, 11) is 1.78. The zero-order valence-corrected chi connectivity index (χ0v) is 14.6. The zero-order valence-electron chi connectivity index (χ0n) is 14.6. The van der Waals surface area contributed by atoms with Gasteiger partial charge in [-0.3, -0.25) is 9.48 Å². The van der Waals surface area contributed by atoms with Crippen LogP contribution in [-0.4, -0.2) is 44.8 Å². The van der Waals surface area contributed by atoms with E-state index in [1.807, 2.05) is 0 Å². The molecule has 1 aliphatic heterocycles. The molecule has 2 aromatic rings. The molecule has 2 fully saturated rings. The lowest BCUT2D eigenvalue weighted by molar-refractivity contribution is 0.0923. The number of rotatable bonds is 4. The van der Waals surface area contributed by atoms with Crippen molar-refractivity contribution in [2.24, 2.45) is 7.05 Å². The molecule has 1 unspecified atom stereocenters. The van der Waals surface area contributed by atoms with E-state index in [0.717, 1.165) is 37.4 Å². The molecule has 7 nitrogen and oxygen atoms in total. The Morgan fingerprint density at radius 3 is 2.84 bits per heavy atom. The molecule has 1 saturated carbocycles. The van der Waals surface area contributed by atoms with Crippen molar-refractivity contribution < 1.29 is 4.79 Å². The number of nitrogens with zero attached hydrogens (tertiary/aromatic N) is 5. The van der Waals surface area contributed by atoms with Crippen molar-refractivity contribution in [3.8, 4) is 0 Å². The molecule has 1 atom stereocenters. The van der Waals surface area contributed by atoms with Gasteiger partial charge in [0.05, 0.1) is 0 Å². The van der Waals surface area contributed by atoms with Crippen LogP contribution in [0.15, 0.2) is 24.7 Å². The number of carbonyl (C=O) groups is 1. The van der Waals surface area contributed by atoms with Gasteiger partial charge in [0, 0.05) is 50.1 Å². The van der Waals surface area contributed by atoms with E-state index in [4.69, 9.17) is 0 Å². The van der Waals surface area contributed by atoms with Gasteiger partial charge in [-0.2, -0.15) is 5.10 Å². The Bertz CT molecular complexity index is 754. The van der Waals surface area contributed by atoms with E-state index in [2.05, 4.69) is 31.3 Å². The summed E-state index contributed by atoms with van der Waals surface area (Å²) in [5, 5.41) is 7.20. The van der Waals surface area contributed by atoms with Crippen molar-refractivity contribution in [1.82, 2.24) is 25.1 Å². The Morgan fingerprint density at radius 1 is 1.24 bits per heavy atom. The molecule has 2 aromatic heterocycles. The van der Waals surface area contributed by atoms with E-state index in [1.54, 1.807) is 30.3 Å². The molecule has 7 heteroatoms. The second-order valence-electron chi connectivity index (χ2n) is 7.03. The summed E-state index contributed by atoms with van der Waals surface area (Å²) < 4.78 is 1.60. The topological polar surface area (TPSA) is 75.9 Å². The summed E-state index contributed by atoms with van der Waals surface area (Å²) in [6.07, 6.45) is 9.13. The highest BCUT2D eigenvalue weighted by atomic mass is 16.2. The largest absolute Gasteiger partial charge is 0.354 e. The lowest BCUT2D eigenvalue weighted by Crippen LogP contribution is -2.48. The first kappa shape index (κ1) is 16.1. The summed E-state index contributed by atoms with van der Waals surface area (Å²) in [4.78, 5) is 23.6. The number of hydrogen-bond donors (Lipinski definition) is 1. The van der Waals surface area contributed by atoms with Gasteiger partial charge >= 0.3 is 0 Å². The van der Waals surface area contributed by atoms with Gasteiger partial charge in [-0.05, 0) is 31.7 Å². The summed E-state index contributed by atoms with van der Waals surface area (Å²) in [5.74, 6) is 1.52. The molecule has 4 rings (SSSR count). The maximum Gasteiger partial charge on any atom is 0.269 e. The minimum absolute atomic E-state index is 0.0651. The van der Waals surface area contributed by atoms with Gasteiger partial charge in [0.1, 0.15) is 17.8 Å². The van der Waals surface area contributed by atoms with E-state index in [0.29, 0.717) is 11.6 Å². The van der Waals surface area contributed by atoms with Crippen LogP contribution >= 0.6 is 0 Å². The number of piperidine rings is 1. The highest BCUT2D eigenvalue weighted by Crippen LogP contribution is 2.36. The molecule has 3 heterocycles. The lowest BCUT2D eigenvalue weighted by Gasteiger charge is -2.34. The van der Waals surface area contributed by atoms with Gasteiger partial charge in [0.15, 0.2) is 0 Å². The first-order valence-corrected chi connectivity index (χ1v) is 9.06. The van der Waals surface area contributed by atoms with Crippen molar-refractivity contribution in [3.63, 3.8) is 0 Å². The second kappa shape index (κ2) is 6.82. The zero-order chi connectivity index (χ0) is 17.2. The minimum Gasteiger partial charge on any atom is -0.354 e. The van der Waals surface area contributed by atoms with Crippen molar-refractivity contribution >= 4 is 11.7 Å². The van der Waals surface area contributed by atoms with E-state index in [-0.39, 0.29) is 11.9 Å². The fraction of sp³-hybridized carbons (Fsp3) is 0.556.